The lowest BCUT2D eigenvalue weighted by Gasteiger charge is -2.33. The van der Waals surface area contributed by atoms with Crippen LogP contribution in [0.25, 0.3) is 0 Å². The summed E-state index contributed by atoms with van der Waals surface area (Å²) in [5, 5.41) is 7.41. The molecule has 1 saturated heterocycles. The van der Waals surface area contributed by atoms with Gasteiger partial charge in [0.05, 0.1) is 6.42 Å². The van der Waals surface area contributed by atoms with E-state index < -0.39 is 0 Å². The van der Waals surface area contributed by atoms with Gasteiger partial charge in [0.25, 0.3) is 0 Å². The van der Waals surface area contributed by atoms with E-state index in [4.69, 9.17) is 0 Å². The molecule has 7 nitrogen and oxygen atoms in total. The highest BCUT2D eigenvalue weighted by molar-refractivity contribution is 5.79. The van der Waals surface area contributed by atoms with Gasteiger partial charge in [-0.05, 0) is 51.0 Å². The molecule has 2 fully saturated rings. The average Bonchev–Trinajstić information content (AvgIpc) is 3.20. The molecule has 29 heavy (non-hydrogen) atoms. The third-order valence-corrected chi connectivity index (χ3v) is 6.33. The maximum atomic E-state index is 12.6. The molecule has 1 atom stereocenters. The summed E-state index contributed by atoms with van der Waals surface area (Å²) in [5.74, 6) is 1.62. The maximum absolute atomic E-state index is 12.6. The largest absolute Gasteiger partial charge is 0.351 e. The number of carbonyl (C=O) groups is 2. The van der Waals surface area contributed by atoms with Crippen molar-refractivity contribution in [2.24, 2.45) is 5.41 Å². The normalized spacial score (nSPS) is 20.0. The second kappa shape index (κ2) is 7.61. The number of nitrogens with zero attached hydrogens (tertiary/aromatic N) is 4. The lowest BCUT2D eigenvalue weighted by atomic mass is 9.92. The topological polar surface area (TPSA) is 80.1 Å². The van der Waals surface area contributed by atoms with Crippen LogP contribution in [0.4, 0.5) is 0 Å². The van der Waals surface area contributed by atoms with E-state index in [1.165, 1.54) is 5.56 Å². The number of hydrogen-bond donors (Lipinski definition) is 1. The van der Waals surface area contributed by atoms with Crippen LogP contribution in [0.5, 0.6) is 0 Å². The zero-order chi connectivity index (χ0) is 20.6. The van der Waals surface area contributed by atoms with Crippen LogP contribution >= 0.6 is 0 Å². The van der Waals surface area contributed by atoms with Crippen molar-refractivity contribution >= 4 is 11.8 Å². The van der Waals surface area contributed by atoms with Crippen LogP contribution in [0, 0.1) is 26.2 Å². The van der Waals surface area contributed by atoms with Crippen molar-refractivity contribution in [3.05, 3.63) is 47.0 Å². The smallest absolute Gasteiger partial charge is 0.242 e. The number of amides is 2. The van der Waals surface area contributed by atoms with E-state index in [2.05, 4.69) is 21.5 Å². The minimum atomic E-state index is -0.0159. The minimum Gasteiger partial charge on any atom is -0.351 e. The lowest BCUT2D eigenvalue weighted by molar-refractivity contribution is -0.132. The van der Waals surface area contributed by atoms with Crippen molar-refractivity contribution in [1.82, 2.24) is 25.0 Å². The van der Waals surface area contributed by atoms with Gasteiger partial charge in [-0.1, -0.05) is 29.8 Å². The first kappa shape index (κ1) is 19.6. The average molecular weight is 396 g/mol. The third-order valence-electron chi connectivity index (χ3n) is 6.33. The predicted molar refractivity (Wildman–Crippen MR) is 109 cm³/mol. The summed E-state index contributed by atoms with van der Waals surface area (Å²) in [6.07, 6.45) is 3.39. The number of hydrogen-bond acceptors (Lipinski definition) is 4. The van der Waals surface area contributed by atoms with Crippen LogP contribution in [0.15, 0.2) is 24.3 Å². The molecule has 0 radical (unpaired) electrons. The molecule has 2 heterocycles. The molecule has 1 aliphatic carbocycles. The van der Waals surface area contributed by atoms with Gasteiger partial charge in [-0.3, -0.25) is 9.59 Å². The number of aromatic nitrogens is 3. The monoisotopic (exact) mass is 395 g/mol. The Morgan fingerprint density at radius 3 is 2.62 bits per heavy atom. The Balaban J connectivity index is 1.25. The molecule has 2 aromatic rings. The highest BCUT2D eigenvalue weighted by Crippen LogP contribution is 2.53. The van der Waals surface area contributed by atoms with Gasteiger partial charge in [0.2, 0.25) is 11.8 Å². The third kappa shape index (κ3) is 4.33. The van der Waals surface area contributed by atoms with Crippen molar-refractivity contribution in [2.75, 3.05) is 13.1 Å². The number of aryl methyl sites for hydroxylation is 3. The summed E-state index contributed by atoms with van der Waals surface area (Å²) >= 11 is 0. The first-order chi connectivity index (χ1) is 13.8. The van der Waals surface area contributed by atoms with E-state index in [9.17, 15) is 9.59 Å². The van der Waals surface area contributed by atoms with E-state index in [1.807, 2.05) is 43.9 Å². The molecule has 154 valence electrons. The molecule has 1 saturated carbocycles. The summed E-state index contributed by atoms with van der Waals surface area (Å²) < 4.78 is 1.65. The van der Waals surface area contributed by atoms with E-state index in [0.717, 1.165) is 43.7 Å². The minimum absolute atomic E-state index is 0.0159. The van der Waals surface area contributed by atoms with Crippen LogP contribution in [0.3, 0.4) is 0 Å². The molecule has 7 heteroatoms. The number of benzene rings is 1. The molecule has 1 N–H and O–H groups in total. The number of piperidine rings is 1. The summed E-state index contributed by atoms with van der Waals surface area (Å²) in [6, 6.07) is 8.36. The summed E-state index contributed by atoms with van der Waals surface area (Å²) in [6.45, 7) is 7.49. The van der Waals surface area contributed by atoms with Gasteiger partial charge in [0, 0.05) is 19.1 Å². The second-order valence-corrected chi connectivity index (χ2v) is 8.60. The number of nitrogens with one attached hydrogen (secondary N) is 1. The van der Waals surface area contributed by atoms with Gasteiger partial charge >= 0.3 is 0 Å². The van der Waals surface area contributed by atoms with Gasteiger partial charge < -0.3 is 10.2 Å². The summed E-state index contributed by atoms with van der Waals surface area (Å²) in [5.41, 5.74) is 2.43. The lowest BCUT2D eigenvalue weighted by Crippen LogP contribution is -2.42. The van der Waals surface area contributed by atoms with E-state index in [1.54, 1.807) is 4.68 Å². The highest BCUT2D eigenvalue weighted by Gasteiger charge is 2.55. The number of rotatable bonds is 5. The number of carbonyl (C=O) groups excluding carboxylic acids is 2. The molecular weight excluding hydrogens is 366 g/mol. The molecule has 1 aromatic carbocycles. The van der Waals surface area contributed by atoms with Crippen LogP contribution in [-0.4, -0.2) is 50.6 Å². The molecule has 2 aliphatic rings. The van der Waals surface area contributed by atoms with E-state index in [-0.39, 0.29) is 29.8 Å². The van der Waals surface area contributed by atoms with Crippen LogP contribution in [0.1, 0.15) is 42.0 Å². The molecule has 0 bridgehead atoms. The fourth-order valence-electron chi connectivity index (χ4n) is 4.50. The highest BCUT2D eigenvalue weighted by atomic mass is 16.2. The Labute approximate surface area is 171 Å². The molecule has 1 aromatic heterocycles. The zero-order valence-corrected chi connectivity index (χ0v) is 17.4. The summed E-state index contributed by atoms with van der Waals surface area (Å²) in [4.78, 5) is 31.3. The Bertz CT molecular complexity index is 927. The van der Waals surface area contributed by atoms with Crippen molar-refractivity contribution in [3.8, 4) is 0 Å². The fraction of sp³-hybridized carbons (Fsp3) is 0.545. The maximum Gasteiger partial charge on any atom is 0.242 e. The van der Waals surface area contributed by atoms with E-state index in [0.29, 0.717) is 12.2 Å². The van der Waals surface area contributed by atoms with Crippen molar-refractivity contribution in [3.63, 3.8) is 0 Å². The SMILES string of the molecule is Cc1cccc(CC(=O)N2CCC3(CC2)CC3NC(=O)Cn2nc(C)nc2C)c1. The van der Waals surface area contributed by atoms with E-state index >= 15 is 0 Å². The first-order valence-corrected chi connectivity index (χ1v) is 10.4. The van der Waals surface area contributed by atoms with Crippen LogP contribution in [-0.2, 0) is 22.6 Å². The van der Waals surface area contributed by atoms with Gasteiger partial charge in [-0.2, -0.15) is 5.10 Å². The molecule has 1 spiro atoms. The van der Waals surface area contributed by atoms with Gasteiger partial charge in [0.15, 0.2) is 0 Å². The predicted octanol–water partition coefficient (Wildman–Crippen LogP) is 1.94. The van der Waals surface area contributed by atoms with Crippen LogP contribution < -0.4 is 5.32 Å². The van der Waals surface area contributed by atoms with Crippen LogP contribution in [0.2, 0.25) is 0 Å². The molecule has 1 aliphatic heterocycles. The molecule has 1 unspecified atom stereocenters. The zero-order valence-electron chi connectivity index (χ0n) is 17.4. The summed E-state index contributed by atoms with van der Waals surface area (Å²) in [7, 11) is 0. The van der Waals surface area contributed by atoms with Gasteiger partial charge in [-0.15, -0.1) is 0 Å². The molecular formula is C22H29N5O2. The standard InChI is InChI=1S/C22H29N5O2/c1-15-5-4-6-18(11-15)12-21(29)26-9-7-22(8-10-26)13-19(22)24-20(28)14-27-17(3)23-16(2)25-27/h4-6,11,19H,7-10,12-14H2,1-3H3,(H,24,28). The van der Waals surface area contributed by atoms with Crippen molar-refractivity contribution in [2.45, 2.75) is 59.0 Å². The Hall–Kier alpha value is -2.70. The number of likely N-dealkylation sites (tertiary alicyclic amines) is 1. The second-order valence-electron chi connectivity index (χ2n) is 8.60. The quantitative estimate of drug-likeness (QED) is 0.839. The Kier molecular flexibility index (Phi) is 5.15. The Morgan fingerprint density at radius 1 is 1.21 bits per heavy atom. The Morgan fingerprint density at radius 2 is 1.97 bits per heavy atom. The van der Waals surface area contributed by atoms with Crippen molar-refractivity contribution in [1.29, 1.82) is 0 Å². The van der Waals surface area contributed by atoms with Gasteiger partial charge in [-0.25, -0.2) is 9.67 Å². The fourth-order valence-corrected chi connectivity index (χ4v) is 4.50. The van der Waals surface area contributed by atoms with Gasteiger partial charge in [0.1, 0.15) is 18.2 Å². The van der Waals surface area contributed by atoms with Crippen molar-refractivity contribution < 1.29 is 9.59 Å². The first-order valence-electron chi connectivity index (χ1n) is 10.4. The molecule has 4 rings (SSSR count). The molecule has 2 amide bonds.